The van der Waals surface area contributed by atoms with E-state index in [0.717, 1.165) is 19.3 Å². The third-order valence-electron chi connectivity index (χ3n) is 2.35. The normalized spacial score (nSPS) is 15.3. The number of hydrogen-bond donors (Lipinski definition) is 3. The van der Waals surface area contributed by atoms with Crippen molar-refractivity contribution in [3.8, 4) is 0 Å². The highest BCUT2D eigenvalue weighted by Crippen LogP contribution is 2.23. The van der Waals surface area contributed by atoms with Crippen molar-refractivity contribution in [2.45, 2.75) is 32.6 Å². The number of nitrogens with two attached hydrogens (primary N) is 1. The number of carboxylic acid groups (broad SMARTS) is 1. The summed E-state index contributed by atoms with van der Waals surface area (Å²) < 4.78 is 0. The van der Waals surface area contributed by atoms with Gasteiger partial charge in [0, 0.05) is 13.2 Å². The third kappa shape index (κ3) is 4.24. The maximum absolute atomic E-state index is 10.8. The van der Waals surface area contributed by atoms with Gasteiger partial charge in [0.1, 0.15) is 0 Å². The van der Waals surface area contributed by atoms with Gasteiger partial charge in [-0.15, -0.1) is 0 Å². The zero-order chi connectivity index (χ0) is 10.3. The van der Waals surface area contributed by atoms with Crippen molar-refractivity contribution in [2.75, 3.05) is 13.2 Å². The lowest BCUT2D eigenvalue weighted by atomic mass is 9.85. The Bertz CT molecular complexity index is 161. The van der Waals surface area contributed by atoms with Crippen LogP contribution in [0.5, 0.6) is 0 Å². The summed E-state index contributed by atoms with van der Waals surface area (Å²) >= 11 is 0. The van der Waals surface area contributed by atoms with E-state index in [1.54, 1.807) is 6.92 Å². The molecular formula is C9H19NO3. The average molecular weight is 189 g/mol. The molecule has 78 valence electrons. The molecule has 0 aliphatic heterocycles. The lowest BCUT2D eigenvalue weighted by molar-refractivity contribution is -0.147. The molecule has 0 heterocycles. The van der Waals surface area contributed by atoms with E-state index < -0.39 is 11.4 Å². The number of aliphatic carboxylic acids is 1. The Morgan fingerprint density at radius 1 is 1.38 bits per heavy atom. The summed E-state index contributed by atoms with van der Waals surface area (Å²) in [5.74, 6) is -0.834. The minimum absolute atomic E-state index is 0.168. The molecule has 0 aliphatic carbocycles. The first-order valence-corrected chi connectivity index (χ1v) is 4.61. The summed E-state index contributed by atoms with van der Waals surface area (Å²) in [7, 11) is 0. The van der Waals surface area contributed by atoms with Crippen molar-refractivity contribution in [3.63, 3.8) is 0 Å². The molecule has 0 saturated carbocycles. The summed E-state index contributed by atoms with van der Waals surface area (Å²) in [4.78, 5) is 10.8. The van der Waals surface area contributed by atoms with E-state index >= 15 is 0 Å². The average Bonchev–Trinajstić information content (AvgIpc) is 2.12. The Morgan fingerprint density at radius 2 is 2.00 bits per heavy atom. The van der Waals surface area contributed by atoms with Gasteiger partial charge in [-0.05, 0) is 19.8 Å². The SMILES string of the molecule is CC(CN)(CCCCCO)C(=O)O. The van der Waals surface area contributed by atoms with Crippen LogP contribution in [0, 0.1) is 5.41 Å². The van der Waals surface area contributed by atoms with Crippen LogP contribution in [0.2, 0.25) is 0 Å². The van der Waals surface area contributed by atoms with Crippen LogP contribution in [0.4, 0.5) is 0 Å². The molecule has 0 aromatic heterocycles. The number of carbonyl (C=O) groups is 1. The van der Waals surface area contributed by atoms with Crippen molar-refractivity contribution in [2.24, 2.45) is 11.1 Å². The maximum atomic E-state index is 10.8. The molecule has 4 heteroatoms. The van der Waals surface area contributed by atoms with Gasteiger partial charge < -0.3 is 15.9 Å². The van der Waals surface area contributed by atoms with E-state index in [2.05, 4.69) is 0 Å². The Morgan fingerprint density at radius 3 is 2.38 bits per heavy atom. The maximum Gasteiger partial charge on any atom is 0.310 e. The summed E-state index contributed by atoms with van der Waals surface area (Å²) in [6.07, 6.45) is 2.99. The molecule has 0 aromatic rings. The van der Waals surface area contributed by atoms with Crippen LogP contribution in [0.1, 0.15) is 32.6 Å². The van der Waals surface area contributed by atoms with Crippen molar-refractivity contribution in [3.05, 3.63) is 0 Å². The smallest absolute Gasteiger partial charge is 0.310 e. The van der Waals surface area contributed by atoms with Crippen LogP contribution in [0.3, 0.4) is 0 Å². The van der Waals surface area contributed by atoms with Gasteiger partial charge in [0.2, 0.25) is 0 Å². The molecule has 1 unspecified atom stereocenters. The fraction of sp³-hybridized carbons (Fsp3) is 0.889. The van der Waals surface area contributed by atoms with E-state index in [1.165, 1.54) is 0 Å². The van der Waals surface area contributed by atoms with Crippen LogP contribution in [0.25, 0.3) is 0 Å². The van der Waals surface area contributed by atoms with Crippen molar-refractivity contribution >= 4 is 5.97 Å². The fourth-order valence-corrected chi connectivity index (χ4v) is 1.10. The summed E-state index contributed by atoms with van der Waals surface area (Å²) in [5.41, 5.74) is 4.60. The minimum Gasteiger partial charge on any atom is -0.481 e. The molecule has 0 fully saturated rings. The predicted molar refractivity (Wildman–Crippen MR) is 50.4 cm³/mol. The number of hydrogen-bond acceptors (Lipinski definition) is 3. The van der Waals surface area contributed by atoms with Crippen LogP contribution in [0.15, 0.2) is 0 Å². The zero-order valence-corrected chi connectivity index (χ0v) is 8.12. The van der Waals surface area contributed by atoms with E-state index in [-0.39, 0.29) is 13.2 Å². The van der Waals surface area contributed by atoms with E-state index in [4.69, 9.17) is 15.9 Å². The van der Waals surface area contributed by atoms with Crippen LogP contribution in [-0.2, 0) is 4.79 Å². The summed E-state index contributed by atoms with van der Waals surface area (Å²) in [6, 6.07) is 0. The van der Waals surface area contributed by atoms with Gasteiger partial charge in [-0.1, -0.05) is 12.8 Å². The lowest BCUT2D eigenvalue weighted by Gasteiger charge is -2.22. The second kappa shape index (κ2) is 5.94. The first-order chi connectivity index (χ1) is 6.06. The molecular weight excluding hydrogens is 170 g/mol. The quantitative estimate of drug-likeness (QED) is 0.512. The fourth-order valence-electron chi connectivity index (χ4n) is 1.10. The van der Waals surface area contributed by atoms with Crippen LogP contribution < -0.4 is 5.73 Å². The topological polar surface area (TPSA) is 83.5 Å². The highest BCUT2D eigenvalue weighted by Gasteiger charge is 2.30. The molecule has 0 bridgehead atoms. The molecule has 0 aliphatic rings. The second-order valence-corrected chi connectivity index (χ2v) is 3.60. The third-order valence-corrected chi connectivity index (χ3v) is 2.35. The Labute approximate surface area is 78.7 Å². The number of unbranched alkanes of at least 4 members (excludes halogenated alkanes) is 2. The largest absolute Gasteiger partial charge is 0.481 e. The number of rotatable bonds is 7. The van der Waals surface area contributed by atoms with Gasteiger partial charge in [-0.2, -0.15) is 0 Å². The van der Waals surface area contributed by atoms with Crippen molar-refractivity contribution in [1.82, 2.24) is 0 Å². The van der Waals surface area contributed by atoms with Gasteiger partial charge in [0.15, 0.2) is 0 Å². The monoisotopic (exact) mass is 189 g/mol. The highest BCUT2D eigenvalue weighted by molar-refractivity contribution is 5.74. The molecule has 4 N–H and O–H groups in total. The van der Waals surface area contributed by atoms with Gasteiger partial charge in [-0.3, -0.25) is 4.79 Å². The standard InChI is InChI=1S/C9H19NO3/c1-9(7-10,8(12)13)5-3-2-4-6-11/h11H,2-7,10H2,1H3,(H,12,13). The van der Waals surface area contributed by atoms with E-state index in [1.807, 2.05) is 0 Å². The van der Waals surface area contributed by atoms with Crippen molar-refractivity contribution in [1.29, 1.82) is 0 Å². The Kier molecular flexibility index (Phi) is 5.66. The van der Waals surface area contributed by atoms with Crippen molar-refractivity contribution < 1.29 is 15.0 Å². The first kappa shape index (κ1) is 12.4. The van der Waals surface area contributed by atoms with E-state index in [0.29, 0.717) is 6.42 Å². The van der Waals surface area contributed by atoms with Crippen LogP contribution >= 0.6 is 0 Å². The predicted octanol–water partition coefficient (Wildman–Crippen LogP) is 0.589. The first-order valence-electron chi connectivity index (χ1n) is 4.61. The van der Waals surface area contributed by atoms with Gasteiger partial charge >= 0.3 is 5.97 Å². The molecule has 0 rings (SSSR count). The molecule has 0 saturated heterocycles. The minimum atomic E-state index is -0.834. The van der Waals surface area contributed by atoms with Crippen LogP contribution in [-0.4, -0.2) is 29.3 Å². The van der Waals surface area contributed by atoms with Gasteiger partial charge in [0.25, 0.3) is 0 Å². The number of aliphatic hydroxyl groups excluding tert-OH is 1. The van der Waals surface area contributed by atoms with Gasteiger partial charge in [0.05, 0.1) is 5.41 Å². The molecule has 13 heavy (non-hydrogen) atoms. The molecule has 0 amide bonds. The molecule has 0 aromatic carbocycles. The molecule has 1 atom stereocenters. The van der Waals surface area contributed by atoms with E-state index in [9.17, 15) is 4.79 Å². The Hall–Kier alpha value is -0.610. The lowest BCUT2D eigenvalue weighted by Crippen LogP contribution is -2.35. The second-order valence-electron chi connectivity index (χ2n) is 3.60. The zero-order valence-electron chi connectivity index (χ0n) is 8.12. The molecule has 0 spiro atoms. The molecule has 0 radical (unpaired) electrons. The summed E-state index contributed by atoms with van der Waals surface area (Å²) in [5, 5.41) is 17.4. The highest BCUT2D eigenvalue weighted by atomic mass is 16.4. The number of aliphatic hydroxyl groups is 1. The Balaban J connectivity index is 3.78. The summed E-state index contributed by atoms with van der Waals surface area (Å²) in [6.45, 7) is 2.00. The molecule has 4 nitrogen and oxygen atoms in total. The van der Waals surface area contributed by atoms with Gasteiger partial charge in [-0.25, -0.2) is 0 Å². The number of carboxylic acids is 1.